The number of carbonyl (C=O) groups excluding carboxylic acids is 1. The molecule has 2 aromatic heterocycles. The molecule has 0 atom stereocenters. The number of hydrogen-bond acceptors (Lipinski definition) is 4. The van der Waals surface area contributed by atoms with Crippen LogP contribution >= 0.6 is 0 Å². The van der Waals surface area contributed by atoms with Crippen molar-refractivity contribution in [2.75, 3.05) is 18.0 Å². The van der Waals surface area contributed by atoms with E-state index in [0.717, 1.165) is 47.7 Å². The van der Waals surface area contributed by atoms with E-state index in [1.165, 1.54) is 50.6 Å². The van der Waals surface area contributed by atoms with Gasteiger partial charge in [0.25, 0.3) is 5.91 Å². The molecule has 1 aromatic carbocycles. The molecule has 5 aliphatic rings. The van der Waals surface area contributed by atoms with Gasteiger partial charge in [-0.3, -0.25) is 4.79 Å². The van der Waals surface area contributed by atoms with E-state index in [-0.39, 0.29) is 5.91 Å². The maximum absolute atomic E-state index is 13.4. The van der Waals surface area contributed by atoms with Gasteiger partial charge >= 0.3 is 0 Å². The highest BCUT2D eigenvalue weighted by Gasteiger charge is 2.48. The predicted octanol–water partition coefficient (Wildman–Crippen LogP) is 5.42. The number of aromatic nitrogens is 3. The third-order valence-corrected chi connectivity index (χ3v) is 9.45. The van der Waals surface area contributed by atoms with Crippen molar-refractivity contribution in [3.8, 4) is 11.4 Å². The molecular formula is C29H35N5O. The molecule has 6 nitrogen and oxygen atoms in total. The van der Waals surface area contributed by atoms with Crippen LogP contribution in [0.2, 0.25) is 0 Å². The highest BCUT2D eigenvalue weighted by molar-refractivity contribution is 6.04. The fraction of sp³-hybridized carbons (Fsp3) is 0.552. The summed E-state index contributed by atoms with van der Waals surface area (Å²) in [6.45, 7) is 4.59. The van der Waals surface area contributed by atoms with Gasteiger partial charge in [0.1, 0.15) is 5.82 Å². The van der Waals surface area contributed by atoms with Crippen LogP contribution in [0.4, 0.5) is 5.69 Å². The molecule has 0 radical (unpaired) electrons. The Bertz CT molecular complexity index is 1210. The summed E-state index contributed by atoms with van der Waals surface area (Å²) in [5, 5.41) is 3.45. The number of fused-ring (bicyclic) bond motifs is 1. The number of anilines is 1. The monoisotopic (exact) mass is 469 g/mol. The number of hydrogen-bond donors (Lipinski definition) is 2. The molecule has 0 spiro atoms. The lowest BCUT2D eigenvalue weighted by Crippen LogP contribution is -2.55. The van der Waals surface area contributed by atoms with Gasteiger partial charge in [0.2, 0.25) is 0 Å². The summed E-state index contributed by atoms with van der Waals surface area (Å²) in [6.07, 6.45) is 10.8. The maximum atomic E-state index is 13.4. The first kappa shape index (κ1) is 21.4. The average Bonchev–Trinajstić information content (AvgIpc) is 3.31. The fourth-order valence-corrected chi connectivity index (χ4v) is 7.72. The summed E-state index contributed by atoms with van der Waals surface area (Å²) < 4.78 is 0. The van der Waals surface area contributed by atoms with E-state index in [1.807, 2.05) is 6.07 Å². The van der Waals surface area contributed by atoms with E-state index < -0.39 is 0 Å². The summed E-state index contributed by atoms with van der Waals surface area (Å²) in [7, 11) is 0. The van der Waals surface area contributed by atoms with Crippen LogP contribution in [-0.2, 0) is 0 Å². The minimum absolute atomic E-state index is 0.0137. The summed E-state index contributed by atoms with van der Waals surface area (Å²) >= 11 is 0. The number of nitrogens with one attached hydrogen (secondary N) is 2. The van der Waals surface area contributed by atoms with E-state index in [4.69, 9.17) is 4.98 Å². The first-order valence-corrected chi connectivity index (χ1v) is 13.6. The van der Waals surface area contributed by atoms with Gasteiger partial charge in [-0.05, 0) is 105 Å². The predicted molar refractivity (Wildman–Crippen MR) is 138 cm³/mol. The van der Waals surface area contributed by atoms with Gasteiger partial charge in [-0.2, -0.15) is 0 Å². The molecule has 182 valence electrons. The Hall–Kier alpha value is -2.89. The summed E-state index contributed by atoms with van der Waals surface area (Å²) in [6, 6.07) is 10.8. The first-order valence-electron chi connectivity index (χ1n) is 13.6. The van der Waals surface area contributed by atoms with Gasteiger partial charge in [0, 0.05) is 36.6 Å². The van der Waals surface area contributed by atoms with Crippen molar-refractivity contribution in [2.24, 2.45) is 29.6 Å². The molecule has 35 heavy (non-hydrogen) atoms. The third-order valence-electron chi connectivity index (χ3n) is 9.45. The number of H-pyrrole nitrogens is 1. The van der Waals surface area contributed by atoms with Crippen molar-refractivity contribution in [1.82, 2.24) is 20.3 Å². The topological polar surface area (TPSA) is 73.9 Å². The Balaban J connectivity index is 1.11. The second kappa shape index (κ2) is 8.35. The Morgan fingerprint density at radius 3 is 2.34 bits per heavy atom. The number of carbonyl (C=O) groups is 1. The van der Waals surface area contributed by atoms with Crippen LogP contribution < -0.4 is 10.2 Å². The molecule has 3 aromatic rings. The lowest BCUT2D eigenvalue weighted by Gasteiger charge is -2.54. The standard InChI is InChI=1S/C29H35N5O/c1-17-7-10-34(11-8-17)23-4-2-20(3-5-23)27-31-26-24(6-9-30-28(26)33-27)29(35)32-25-21-13-18-12-19(15-21)16-22(25)14-18/h2-6,9,17-19,21-22,25H,7-8,10-16H2,1H3,(H,32,35)(H,30,31,33). The van der Waals surface area contributed by atoms with Gasteiger partial charge in [0.05, 0.1) is 11.1 Å². The summed E-state index contributed by atoms with van der Waals surface area (Å²) in [5.41, 5.74) is 4.28. The second-order valence-corrected chi connectivity index (χ2v) is 11.8. The molecule has 0 unspecified atom stereocenters. The molecule has 6 heteroatoms. The SMILES string of the molecule is CC1CCN(c2ccc(-c3nc4nccc(C(=O)NC5C6CC7CC(C6)CC5C7)c4[nH]3)cc2)CC1. The molecule has 4 saturated carbocycles. The largest absolute Gasteiger partial charge is 0.372 e. The number of pyridine rings is 1. The van der Waals surface area contributed by atoms with Crippen molar-refractivity contribution in [3.05, 3.63) is 42.1 Å². The Kier molecular flexibility index (Phi) is 5.11. The Labute approximate surface area is 206 Å². The normalized spacial score (nSPS) is 30.2. The van der Waals surface area contributed by atoms with Gasteiger partial charge in [0.15, 0.2) is 5.65 Å². The van der Waals surface area contributed by atoms with Gasteiger partial charge in [-0.15, -0.1) is 0 Å². The maximum Gasteiger partial charge on any atom is 0.253 e. The molecule has 2 N–H and O–H groups in total. The van der Waals surface area contributed by atoms with E-state index in [2.05, 4.69) is 51.4 Å². The van der Waals surface area contributed by atoms with E-state index >= 15 is 0 Å². The highest BCUT2D eigenvalue weighted by atomic mass is 16.1. The van der Waals surface area contributed by atoms with Crippen LogP contribution in [0.15, 0.2) is 36.5 Å². The summed E-state index contributed by atoms with van der Waals surface area (Å²) in [5.74, 6) is 4.72. The van der Waals surface area contributed by atoms with Gasteiger partial charge in [-0.1, -0.05) is 6.92 Å². The minimum Gasteiger partial charge on any atom is -0.372 e. The Morgan fingerprint density at radius 2 is 1.66 bits per heavy atom. The van der Waals surface area contributed by atoms with Crippen LogP contribution in [0.3, 0.4) is 0 Å². The number of piperidine rings is 1. The Morgan fingerprint density at radius 1 is 0.971 bits per heavy atom. The van der Waals surface area contributed by atoms with Crippen LogP contribution in [0.1, 0.15) is 62.2 Å². The van der Waals surface area contributed by atoms with Gasteiger partial charge < -0.3 is 15.2 Å². The molecule has 1 saturated heterocycles. The molecular weight excluding hydrogens is 434 g/mol. The second-order valence-electron chi connectivity index (χ2n) is 11.8. The van der Waals surface area contributed by atoms with Crippen LogP contribution in [0.5, 0.6) is 0 Å². The quantitative estimate of drug-likeness (QED) is 0.535. The molecule has 3 heterocycles. The van der Waals surface area contributed by atoms with Gasteiger partial charge in [-0.25, -0.2) is 9.97 Å². The highest BCUT2D eigenvalue weighted by Crippen LogP contribution is 2.53. The minimum atomic E-state index is 0.0137. The number of aromatic amines is 1. The number of nitrogens with zero attached hydrogens (tertiary/aromatic N) is 3. The average molecular weight is 470 g/mol. The fourth-order valence-electron chi connectivity index (χ4n) is 7.72. The number of imidazole rings is 1. The molecule has 5 fully saturated rings. The van der Waals surface area contributed by atoms with E-state index in [1.54, 1.807) is 6.20 Å². The van der Waals surface area contributed by atoms with Crippen molar-refractivity contribution >= 4 is 22.8 Å². The molecule has 4 bridgehead atoms. The molecule has 4 aliphatic carbocycles. The molecule has 1 amide bonds. The molecule has 1 aliphatic heterocycles. The van der Waals surface area contributed by atoms with Crippen LogP contribution in [0, 0.1) is 29.6 Å². The van der Waals surface area contributed by atoms with Crippen molar-refractivity contribution in [3.63, 3.8) is 0 Å². The third kappa shape index (κ3) is 3.82. The zero-order chi connectivity index (χ0) is 23.5. The van der Waals surface area contributed by atoms with E-state index in [9.17, 15) is 4.79 Å². The molecule has 8 rings (SSSR count). The lowest BCUT2D eigenvalue weighted by molar-refractivity contribution is -0.0119. The van der Waals surface area contributed by atoms with Crippen LogP contribution in [0.25, 0.3) is 22.6 Å². The smallest absolute Gasteiger partial charge is 0.253 e. The number of rotatable bonds is 4. The first-order chi connectivity index (χ1) is 17.1. The summed E-state index contributed by atoms with van der Waals surface area (Å²) in [4.78, 5) is 28.5. The zero-order valence-corrected chi connectivity index (χ0v) is 20.5. The van der Waals surface area contributed by atoms with E-state index in [0.29, 0.717) is 29.1 Å². The zero-order valence-electron chi connectivity index (χ0n) is 20.5. The lowest BCUT2D eigenvalue weighted by atomic mass is 9.54. The van der Waals surface area contributed by atoms with Crippen molar-refractivity contribution in [2.45, 2.75) is 57.9 Å². The van der Waals surface area contributed by atoms with Crippen LogP contribution in [-0.4, -0.2) is 40.0 Å². The van der Waals surface area contributed by atoms with Crippen molar-refractivity contribution < 1.29 is 4.79 Å². The number of amides is 1. The van der Waals surface area contributed by atoms with Crippen molar-refractivity contribution in [1.29, 1.82) is 0 Å². The number of benzene rings is 1.